The van der Waals surface area contributed by atoms with Gasteiger partial charge in [0.1, 0.15) is 6.61 Å². The lowest BCUT2D eigenvalue weighted by Crippen LogP contribution is -2.40. The first kappa shape index (κ1) is 18.8. The van der Waals surface area contributed by atoms with Gasteiger partial charge in [0.05, 0.1) is 38.6 Å². The van der Waals surface area contributed by atoms with Crippen molar-refractivity contribution < 1.29 is 28.9 Å². The number of aliphatic hydroxyl groups excluding tert-OH is 1. The Hall–Kier alpha value is -1.22. The van der Waals surface area contributed by atoms with Crippen LogP contribution in [0.2, 0.25) is 0 Å². The van der Waals surface area contributed by atoms with Gasteiger partial charge >= 0.3 is 0 Å². The molecule has 0 radical (unpaired) electrons. The first-order valence-electron chi connectivity index (χ1n) is 7.41. The monoisotopic (exact) mass is 318 g/mol. The molecular formula is C14H26N2O6. The summed E-state index contributed by atoms with van der Waals surface area (Å²) in [7, 11) is 1.60. The van der Waals surface area contributed by atoms with Gasteiger partial charge < -0.3 is 29.5 Å². The van der Waals surface area contributed by atoms with Crippen LogP contribution in [0.4, 0.5) is 0 Å². The summed E-state index contributed by atoms with van der Waals surface area (Å²) in [5.74, 6) is -0.249. The molecule has 0 aromatic heterocycles. The molecule has 8 heteroatoms. The predicted molar refractivity (Wildman–Crippen MR) is 78.3 cm³/mol. The highest BCUT2D eigenvalue weighted by Gasteiger charge is 2.34. The van der Waals surface area contributed by atoms with Crippen molar-refractivity contribution in [3.05, 3.63) is 0 Å². The Morgan fingerprint density at radius 2 is 2.00 bits per heavy atom. The molecule has 2 amide bonds. The van der Waals surface area contributed by atoms with Crippen molar-refractivity contribution in [3.8, 4) is 0 Å². The number of nitrogens with one attached hydrogen (secondary N) is 1. The summed E-state index contributed by atoms with van der Waals surface area (Å²) in [4.78, 5) is 24.3. The zero-order valence-corrected chi connectivity index (χ0v) is 13.2. The number of methoxy groups -OCH3 is 1. The topological polar surface area (TPSA) is 97.3 Å². The van der Waals surface area contributed by atoms with Gasteiger partial charge in [0.2, 0.25) is 11.8 Å². The van der Waals surface area contributed by atoms with E-state index in [0.29, 0.717) is 39.3 Å². The van der Waals surface area contributed by atoms with Crippen LogP contribution in [0.15, 0.2) is 0 Å². The van der Waals surface area contributed by atoms with E-state index in [-0.39, 0.29) is 37.2 Å². The molecule has 0 spiro atoms. The Morgan fingerprint density at radius 1 is 1.27 bits per heavy atom. The van der Waals surface area contributed by atoms with Gasteiger partial charge in [0.25, 0.3) is 0 Å². The van der Waals surface area contributed by atoms with Gasteiger partial charge in [0.15, 0.2) is 0 Å². The van der Waals surface area contributed by atoms with Crippen LogP contribution in [0.1, 0.15) is 13.3 Å². The van der Waals surface area contributed by atoms with Gasteiger partial charge in [0, 0.05) is 27.1 Å². The highest BCUT2D eigenvalue weighted by molar-refractivity contribution is 5.78. The Bertz CT molecular complexity index is 352. The van der Waals surface area contributed by atoms with E-state index in [9.17, 15) is 14.7 Å². The number of likely N-dealkylation sites (tertiary alicyclic amines) is 1. The van der Waals surface area contributed by atoms with Gasteiger partial charge in [-0.15, -0.1) is 0 Å². The average molecular weight is 318 g/mol. The van der Waals surface area contributed by atoms with E-state index in [1.807, 2.05) is 0 Å². The van der Waals surface area contributed by atoms with Crippen LogP contribution in [-0.4, -0.2) is 87.2 Å². The highest BCUT2D eigenvalue weighted by atomic mass is 16.5. The fourth-order valence-corrected chi connectivity index (χ4v) is 2.28. The van der Waals surface area contributed by atoms with E-state index in [2.05, 4.69) is 5.32 Å². The lowest BCUT2D eigenvalue weighted by Gasteiger charge is -2.22. The van der Waals surface area contributed by atoms with Crippen molar-refractivity contribution in [2.45, 2.75) is 25.5 Å². The molecule has 0 unspecified atom stereocenters. The maximum atomic E-state index is 12.0. The maximum absolute atomic E-state index is 12.0. The van der Waals surface area contributed by atoms with Crippen LogP contribution in [0.3, 0.4) is 0 Å². The number of rotatable bonds is 10. The minimum atomic E-state index is -0.199. The van der Waals surface area contributed by atoms with Crippen molar-refractivity contribution in [2.24, 2.45) is 0 Å². The lowest BCUT2D eigenvalue weighted by atomic mass is 10.2. The first-order chi connectivity index (χ1) is 10.6. The van der Waals surface area contributed by atoms with E-state index >= 15 is 0 Å². The molecule has 1 rings (SSSR count). The second-order valence-corrected chi connectivity index (χ2v) is 5.12. The number of hydrogen-bond acceptors (Lipinski definition) is 6. The van der Waals surface area contributed by atoms with Crippen molar-refractivity contribution >= 4 is 11.8 Å². The Kier molecular flexibility index (Phi) is 8.98. The molecule has 0 saturated carbocycles. The zero-order chi connectivity index (χ0) is 16.4. The minimum absolute atomic E-state index is 0.0294. The number of nitrogens with zero attached hydrogens (tertiary/aromatic N) is 1. The Labute approximate surface area is 130 Å². The fraction of sp³-hybridized carbons (Fsp3) is 0.857. The molecule has 8 nitrogen and oxygen atoms in total. The summed E-state index contributed by atoms with van der Waals surface area (Å²) in [5.41, 5.74) is 0. The third kappa shape index (κ3) is 6.69. The molecule has 128 valence electrons. The number of carbonyl (C=O) groups is 2. The highest BCUT2D eigenvalue weighted by Crippen LogP contribution is 2.19. The summed E-state index contributed by atoms with van der Waals surface area (Å²) in [6, 6.07) is -0.199. The van der Waals surface area contributed by atoms with Crippen LogP contribution < -0.4 is 5.32 Å². The molecule has 1 aliphatic rings. The third-order valence-corrected chi connectivity index (χ3v) is 3.46. The largest absolute Gasteiger partial charge is 0.394 e. The second kappa shape index (κ2) is 10.5. The third-order valence-electron chi connectivity index (χ3n) is 3.46. The molecule has 22 heavy (non-hydrogen) atoms. The number of aliphatic hydroxyl groups is 1. The molecule has 1 heterocycles. The van der Waals surface area contributed by atoms with E-state index in [0.717, 1.165) is 0 Å². The fourth-order valence-electron chi connectivity index (χ4n) is 2.28. The maximum Gasteiger partial charge on any atom is 0.248 e. The molecule has 2 N–H and O–H groups in total. The molecule has 0 aromatic carbocycles. The number of hydrogen-bond donors (Lipinski definition) is 2. The van der Waals surface area contributed by atoms with E-state index in [1.54, 1.807) is 12.0 Å². The molecule has 1 fully saturated rings. The molecule has 0 aliphatic carbocycles. The first-order valence-corrected chi connectivity index (χ1v) is 7.41. The Morgan fingerprint density at radius 3 is 2.64 bits per heavy atom. The van der Waals surface area contributed by atoms with Gasteiger partial charge in [-0.1, -0.05) is 0 Å². The van der Waals surface area contributed by atoms with E-state index in [1.165, 1.54) is 6.92 Å². The summed E-state index contributed by atoms with van der Waals surface area (Å²) in [5, 5.41) is 11.9. The van der Waals surface area contributed by atoms with Crippen LogP contribution in [0.5, 0.6) is 0 Å². The van der Waals surface area contributed by atoms with Crippen molar-refractivity contribution in [1.29, 1.82) is 0 Å². The quantitative estimate of drug-likeness (QED) is 0.489. The van der Waals surface area contributed by atoms with Crippen LogP contribution in [-0.2, 0) is 23.8 Å². The Balaban J connectivity index is 2.09. The number of amides is 2. The molecule has 0 aromatic rings. The lowest BCUT2D eigenvalue weighted by molar-refractivity contribution is -0.138. The average Bonchev–Trinajstić information content (AvgIpc) is 2.93. The second-order valence-electron chi connectivity index (χ2n) is 5.12. The molecule has 0 bridgehead atoms. The molecular weight excluding hydrogens is 292 g/mol. The zero-order valence-electron chi connectivity index (χ0n) is 13.2. The molecule has 2 atom stereocenters. The number of ether oxygens (including phenoxy) is 3. The summed E-state index contributed by atoms with van der Waals surface area (Å²) in [6.45, 7) is 3.34. The van der Waals surface area contributed by atoms with Crippen molar-refractivity contribution in [1.82, 2.24) is 10.2 Å². The van der Waals surface area contributed by atoms with Gasteiger partial charge in [-0.3, -0.25) is 9.59 Å². The summed E-state index contributed by atoms with van der Waals surface area (Å²) in [6.07, 6.45) is 0.614. The van der Waals surface area contributed by atoms with Crippen LogP contribution in [0.25, 0.3) is 0 Å². The van der Waals surface area contributed by atoms with Crippen LogP contribution >= 0.6 is 0 Å². The SMILES string of the molecule is CO[C@@H]1C[C@@H](CO)N(C(=O)COCCOCCNC(C)=O)C1. The molecule has 1 saturated heterocycles. The van der Waals surface area contributed by atoms with Crippen LogP contribution in [0, 0.1) is 0 Å². The predicted octanol–water partition coefficient (Wildman–Crippen LogP) is -1.24. The van der Waals surface area contributed by atoms with Crippen molar-refractivity contribution in [3.63, 3.8) is 0 Å². The van der Waals surface area contributed by atoms with E-state index < -0.39 is 0 Å². The van der Waals surface area contributed by atoms with Gasteiger partial charge in [-0.2, -0.15) is 0 Å². The van der Waals surface area contributed by atoms with Gasteiger partial charge in [-0.05, 0) is 6.42 Å². The molecule has 1 aliphatic heterocycles. The minimum Gasteiger partial charge on any atom is -0.394 e. The summed E-state index contributed by atoms with van der Waals surface area (Å²) >= 11 is 0. The number of carbonyl (C=O) groups excluding carboxylic acids is 2. The van der Waals surface area contributed by atoms with E-state index in [4.69, 9.17) is 14.2 Å². The standard InChI is InChI=1S/C14H26N2O6/c1-11(18)15-3-4-21-5-6-22-10-14(19)16-8-13(20-2)7-12(16)9-17/h12-13,17H,3-10H2,1-2H3,(H,15,18)/t12-,13+/m0/s1. The van der Waals surface area contributed by atoms with Gasteiger partial charge in [-0.25, -0.2) is 0 Å². The smallest absolute Gasteiger partial charge is 0.248 e. The normalized spacial score (nSPS) is 21.1. The summed E-state index contributed by atoms with van der Waals surface area (Å²) < 4.78 is 15.7. The van der Waals surface area contributed by atoms with Crippen molar-refractivity contribution in [2.75, 3.05) is 53.2 Å².